The molecule has 0 bridgehead atoms. The van der Waals surface area contributed by atoms with Gasteiger partial charge in [-0.15, -0.1) is 0 Å². The number of hydrogen-bond acceptors (Lipinski definition) is 1. The molecule has 1 aromatic carbocycles. The van der Waals surface area contributed by atoms with Crippen molar-refractivity contribution in [3.05, 3.63) is 27.3 Å². The number of rotatable bonds is 8. The topological polar surface area (TPSA) is 26.0 Å². The minimum Gasteiger partial charge on any atom is -0.397 e. The number of hydrogen-bond donors (Lipinski definition) is 1. The Kier molecular flexibility index (Phi) is 7.43. The van der Waals surface area contributed by atoms with E-state index in [4.69, 9.17) is 17.3 Å². The highest BCUT2D eigenvalue weighted by atomic mass is 35.5. The van der Waals surface area contributed by atoms with Gasteiger partial charge in [0, 0.05) is 0 Å². The highest BCUT2D eigenvalue weighted by molar-refractivity contribution is 6.34. The van der Waals surface area contributed by atoms with Gasteiger partial charge in [0.15, 0.2) is 0 Å². The maximum atomic E-state index is 6.53. The van der Waals surface area contributed by atoms with Crippen molar-refractivity contribution in [1.29, 1.82) is 0 Å². The number of benzene rings is 1. The molecule has 1 rings (SSSR count). The summed E-state index contributed by atoms with van der Waals surface area (Å²) in [5.74, 6) is 0. The van der Waals surface area contributed by atoms with Gasteiger partial charge in [0.25, 0.3) is 0 Å². The van der Waals surface area contributed by atoms with Gasteiger partial charge in [0.05, 0.1) is 10.7 Å². The van der Waals surface area contributed by atoms with Crippen LogP contribution in [0.3, 0.4) is 0 Å². The Bertz CT molecular complexity index is 438. The molecular weight excluding hydrogens is 266 g/mol. The molecule has 0 saturated heterocycles. The van der Waals surface area contributed by atoms with Crippen molar-refractivity contribution < 1.29 is 0 Å². The lowest BCUT2D eigenvalue weighted by Gasteiger charge is -2.21. The molecule has 0 radical (unpaired) electrons. The van der Waals surface area contributed by atoms with Gasteiger partial charge in [0.1, 0.15) is 0 Å². The molecule has 20 heavy (non-hydrogen) atoms. The quantitative estimate of drug-likeness (QED) is 0.481. The first kappa shape index (κ1) is 17.4. The van der Waals surface area contributed by atoms with Crippen LogP contribution >= 0.6 is 11.6 Å². The summed E-state index contributed by atoms with van der Waals surface area (Å²) in [6, 6.07) is 0. The van der Waals surface area contributed by atoms with Crippen LogP contribution in [-0.2, 0) is 25.7 Å². The third kappa shape index (κ3) is 3.69. The monoisotopic (exact) mass is 295 g/mol. The van der Waals surface area contributed by atoms with Gasteiger partial charge in [-0.25, -0.2) is 0 Å². The van der Waals surface area contributed by atoms with Gasteiger partial charge in [-0.05, 0) is 54.4 Å². The van der Waals surface area contributed by atoms with Crippen molar-refractivity contribution in [3.8, 4) is 0 Å². The summed E-state index contributed by atoms with van der Waals surface area (Å²) in [7, 11) is 0. The molecule has 2 N–H and O–H groups in total. The molecule has 0 saturated carbocycles. The van der Waals surface area contributed by atoms with Crippen LogP contribution in [0.2, 0.25) is 5.02 Å². The summed E-state index contributed by atoms with van der Waals surface area (Å²) in [6.45, 7) is 8.87. The summed E-state index contributed by atoms with van der Waals surface area (Å²) >= 11 is 6.53. The zero-order valence-corrected chi connectivity index (χ0v) is 14.4. The second-order valence-corrected chi connectivity index (χ2v) is 5.89. The van der Waals surface area contributed by atoms with E-state index in [0.29, 0.717) is 0 Å². The molecule has 0 spiro atoms. The van der Waals surface area contributed by atoms with Gasteiger partial charge in [-0.3, -0.25) is 0 Å². The molecule has 1 aromatic rings. The predicted molar refractivity (Wildman–Crippen MR) is 91.8 cm³/mol. The van der Waals surface area contributed by atoms with Crippen molar-refractivity contribution >= 4 is 17.3 Å². The van der Waals surface area contributed by atoms with E-state index in [1.54, 1.807) is 0 Å². The van der Waals surface area contributed by atoms with Gasteiger partial charge in [0.2, 0.25) is 0 Å². The molecule has 0 aromatic heterocycles. The number of anilines is 1. The van der Waals surface area contributed by atoms with Crippen molar-refractivity contribution in [2.24, 2.45) is 0 Å². The third-order valence-electron chi connectivity index (χ3n) is 4.26. The Labute approximate surface area is 129 Å². The Balaban J connectivity index is 3.17. The molecule has 0 aliphatic carbocycles. The summed E-state index contributed by atoms with van der Waals surface area (Å²) in [6.07, 6.45) is 9.23. The van der Waals surface area contributed by atoms with Crippen LogP contribution < -0.4 is 5.73 Å². The van der Waals surface area contributed by atoms with Crippen LogP contribution in [0, 0.1) is 0 Å². The molecule has 0 fully saturated rings. The van der Waals surface area contributed by atoms with Crippen molar-refractivity contribution in [3.63, 3.8) is 0 Å². The molecular formula is C18H30ClN. The SMILES string of the molecule is CCCCCCc1c(N)c(Cl)c(CC)c(CC)c1CC. The average Bonchev–Trinajstić information content (AvgIpc) is 2.47. The Morgan fingerprint density at radius 3 is 1.80 bits per heavy atom. The maximum absolute atomic E-state index is 6.53. The molecule has 2 heteroatoms. The van der Waals surface area contributed by atoms with Crippen molar-refractivity contribution in [2.75, 3.05) is 5.73 Å². The van der Waals surface area contributed by atoms with Crippen LogP contribution in [0.4, 0.5) is 5.69 Å². The van der Waals surface area contributed by atoms with Crippen LogP contribution in [0.25, 0.3) is 0 Å². The molecule has 0 atom stereocenters. The zero-order chi connectivity index (χ0) is 15.1. The van der Waals surface area contributed by atoms with E-state index in [1.165, 1.54) is 47.9 Å². The van der Waals surface area contributed by atoms with E-state index in [0.717, 1.165) is 36.4 Å². The minimum absolute atomic E-state index is 0.812. The normalized spacial score (nSPS) is 11.1. The fraction of sp³-hybridized carbons (Fsp3) is 0.667. The van der Waals surface area contributed by atoms with Crippen LogP contribution in [0.15, 0.2) is 0 Å². The standard InChI is InChI=1S/C18H30ClN/c1-5-9-10-11-12-16-14(7-3)13(6-2)15(8-4)17(19)18(16)20/h5-12,20H2,1-4H3. The number of nitrogens with two attached hydrogens (primary N) is 1. The first-order valence-corrected chi connectivity index (χ1v) is 8.60. The Hall–Kier alpha value is -0.690. The summed E-state index contributed by atoms with van der Waals surface area (Å²) in [5.41, 5.74) is 12.7. The summed E-state index contributed by atoms with van der Waals surface area (Å²) < 4.78 is 0. The molecule has 0 amide bonds. The smallest absolute Gasteiger partial charge is 0.0673 e. The van der Waals surface area contributed by atoms with E-state index in [-0.39, 0.29) is 0 Å². The van der Waals surface area contributed by atoms with Gasteiger partial charge in [-0.2, -0.15) is 0 Å². The van der Waals surface area contributed by atoms with E-state index in [1.807, 2.05) is 0 Å². The molecule has 0 aliphatic rings. The van der Waals surface area contributed by atoms with Gasteiger partial charge >= 0.3 is 0 Å². The fourth-order valence-corrected chi connectivity index (χ4v) is 3.55. The average molecular weight is 296 g/mol. The van der Waals surface area contributed by atoms with Crippen LogP contribution in [0.5, 0.6) is 0 Å². The molecule has 114 valence electrons. The predicted octanol–water partition coefficient (Wildman–Crippen LogP) is 5.73. The van der Waals surface area contributed by atoms with Gasteiger partial charge in [-0.1, -0.05) is 58.6 Å². The lowest BCUT2D eigenvalue weighted by atomic mass is 9.87. The summed E-state index contributed by atoms with van der Waals surface area (Å²) in [4.78, 5) is 0. The minimum atomic E-state index is 0.812. The van der Waals surface area contributed by atoms with E-state index in [9.17, 15) is 0 Å². The lowest BCUT2D eigenvalue weighted by molar-refractivity contribution is 0.664. The van der Waals surface area contributed by atoms with Crippen molar-refractivity contribution in [2.45, 2.75) is 79.1 Å². The van der Waals surface area contributed by atoms with Crippen LogP contribution in [-0.4, -0.2) is 0 Å². The number of nitrogen functional groups attached to an aromatic ring is 1. The third-order valence-corrected chi connectivity index (χ3v) is 4.69. The Morgan fingerprint density at radius 2 is 1.30 bits per heavy atom. The number of halogens is 1. The molecule has 0 aliphatic heterocycles. The van der Waals surface area contributed by atoms with E-state index < -0.39 is 0 Å². The zero-order valence-electron chi connectivity index (χ0n) is 13.6. The second-order valence-electron chi connectivity index (χ2n) is 5.51. The first-order valence-electron chi connectivity index (χ1n) is 8.22. The highest BCUT2D eigenvalue weighted by Crippen LogP contribution is 2.36. The second kappa shape index (κ2) is 8.56. The van der Waals surface area contributed by atoms with Crippen molar-refractivity contribution in [1.82, 2.24) is 0 Å². The maximum Gasteiger partial charge on any atom is 0.0673 e. The number of unbranched alkanes of at least 4 members (excludes halogenated alkanes) is 3. The fourth-order valence-electron chi connectivity index (χ4n) is 3.19. The highest BCUT2D eigenvalue weighted by Gasteiger charge is 2.18. The molecule has 0 heterocycles. The van der Waals surface area contributed by atoms with Crippen LogP contribution in [0.1, 0.15) is 75.6 Å². The lowest BCUT2D eigenvalue weighted by Crippen LogP contribution is -2.09. The van der Waals surface area contributed by atoms with E-state index >= 15 is 0 Å². The summed E-state index contributed by atoms with van der Waals surface area (Å²) in [5, 5.41) is 0.812. The van der Waals surface area contributed by atoms with E-state index in [2.05, 4.69) is 27.7 Å². The largest absolute Gasteiger partial charge is 0.397 e. The molecule has 0 unspecified atom stereocenters. The first-order chi connectivity index (χ1) is 9.62. The molecule has 1 nitrogen and oxygen atoms in total. The van der Waals surface area contributed by atoms with Gasteiger partial charge < -0.3 is 5.73 Å². The Morgan fingerprint density at radius 1 is 0.750 bits per heavy atom.